The normalized spacial score (nSPS) is 13.5. The molecule has 0 radical (unpaired) electrons. The van der Waals surface area contributed by atoms with Crippen LogP contribution in [0.3, 0.4) is 0 Å². The second kappa shape index (κ2) is 29.6. The van der Waals surface area contributed by atoms with E-state index in [0.29, 0.717) is 39.6 Å². The van der Waals surface area contributed by atoms with Crippen molar-refractivity contribution in [2.45, 2.75) is 170 Å². The van der Waals surface area contributed by atoms with E-state index in [4.69, 9.17) is 28.4 Å². The summed E-state index contributed by atoms with van der Waals surface area (Å²) in [5.41, 5.74) is 0. The fourth-order valence-electron chi connectivity index (χ4n) is 5.25. The monoisotopic (exact) mass is 589 g/mol. The standard InChI is InChI=1S/C18H38O4.C17H34O2/c1-6-11-12-13-14-15-16-17(19-7-2)18(20-8-3,21-9-4)22-10-5;1-6-10-11-12-13-14-15-16(7-2)17(5,18-8-3)19-9-4/h17H,6-16H2,1-5H3;7,16H,2,6,8-15H2,1,3-5H3. The average Bonchev–Trinajstić information content (AvgIpc) is 2.95. The maximum absolute atomic E-state index is 5.92. The molecule has 0 spiro atoms. The highest BCUT2D eigenvalue weighted by atomic mass is 16.9. The molecule has 0 saturated heterocycles. The summed E-state index contributed by atoms with van der Waals surface area (Å²) in [6, 6.07) is 0. The van der Waals surface area contributed by atoms with E-state index in [9.17, 15) is 0 Å². The van der Waals surface area contributed by atoms with Gasteiger partial charge in [0.1, 0.15) is 6.10 Å². The highest BCUT2D eigenvalue weighted by Crippen LogP contribution is 2.30. The molecule has 41 heavy (non-hydrogen) atoms. The molecule has 0 heterocycles. The predicted molar refractivity (Wildman–Crippen MR) is 174 cm³/mol. The Morgan fingerprint density at radius 3 is 1.27 bits per heavy atom. The second-order valence-corrected chi connectivity index (χ2v) is 10.7. The topological polar surface area (TPSA) is 55.4 Å². The molecule has 0 amide bonds. The van der Waals surface area contributed by atoms with Gasteiger partial charge in [-0.2, -0.15) is 0 Å². The molecule has 0 aromatic carbocycles. The number of hydrogen-bond acceptors (Lipinski definition) is 6. The van der Waals surface area contributed by atoms with Gasteiger partial charge in [-0.15, -0.1) is 6.58 Å². The van der Waals surface area contributed by atoms with Crippen molar-refractivity contribution < 1.29 is 28.4 Å². The van der Waals surface area contributed by atoms with Crippen molar-refractivity contribution in [3.63, 3.8) is 0 Å². The number of ether oxygens (including phenoxy) is 6. The molecule has 6 heteroatoms. The predicted octanol–water partition coefficient (Wildman–Crippen LogP) is 10.2. The highest BCUT2D eigenvalue weighted by molar-refractivity contribution is 4.89. The van der Waals surface area contributed by atoms with Crippen molar-refractivity contribution in [1.29, 1.82) is 0 Å². The molecule has 0 aromatic rings. The Hall–Kier alpha value is -0.500. The lowest BCUT2D eigenvalue weighted by Crippen LogP contribution is -2.51. The summed E-state index contributed by atoms with van der Waals surface area (Å²) in [6.45, 7) is 26.0. The van der Waals surface area contributed by atoms with Crippen LogP contribution in [0, 0.1) is 5.92 Å². The summed E-state index contributed by atoms with van der Waals surface area (Å²) >= 11 is 0. The van der Waals surface area contributed by atoms with Crippen LogP contribution in [0.15, 0.2) is 12.7 Å². The van der Waals surface area contributed by atoms with E-state index in [1.54, 1.807) is 0 Å². The molecule has 6 nitrogen and oxygen atoms in total. The third-order valence-corrected chi connectivity index (χ3v) is 7.31. The van der Waals surface area contributed by atoms with E-state index < -0.39 is 11.8 Å². The Balaban J connectivity index is 0. The Bertz CT molecular complexity index is 518. The Labute approximate surface area is 256 Å². The lowest BCUT2D eigenvalue weighted by Gasteiger charge is -2.38. The van der Waals surface area contributed by atoms with Gasteiger partial charge in [0.25, 0.3) is 0 Å². The SMILES string of the molecule is C=CC(CCCCCCCC)C(C)(OCC)OCC.CCCCCCCCC(OCC)C(OCC)(OCC)OCC. The number of unbranched alkanes of at least 4 members (excludes halogenated alkanes) is 10. The molecule has 0 N–H and O–H groups in total. The second-order valence-electron chi connectivity index (χ2n) is 10.7. The van der Waals surface area contributed by atoms with Gasteiger partial charge >= 0.3 is 5.97 Å². The molecule has 0 aromatic heterocycles. The van der Waals surface area contributed by atoms with Crippen molar-refractivity contribution >= 4 is 0 Å². The molecular formula is C35H72O6. The van der Waals surface area contributed by atoms with Gasteiger partial charge in [0.05, 0.1) is 0 Å². The van der Waals surface area contributed by atoms with Crippen molar-refractivity contribution in [2.75, 3.05) is 39.6 Å². The summed E-state index contributed by atoms with van der Waals surface area (Å²) in [7, 11) is 0. The van der Waals surface area contributed by atoms with Gasteiger partial charge in [-0.3, -0.25) is 0 Å². The van der Waals surface area contributed by atoms with Crippen LogP contribution in [0.5, 0.6) is 0 Å². The summed E-state index contributed by atoms with van der Waals surface area (Å²) in [6.07, 6.45) is 19.3. The number of rotatable bonds is 29. The molecule has 0 fully saturated rings. The summed E-state index contributed by atoms with van der Waals surface area (Å²) in [5.74, 6) is -1.29. The van der Waals surface area contributed by atoms with Crippen molar-refractivity contribution in [2.24, 2.45) is 5.92 Å². The van der Waals surface area contributed by atoms with Gasteiger partial charge in [-0.05, 0) is 61.3 Å². The van der Waals surface area contributed by atoms with Crippen LogP contribution in [0.2, 0.25) is 0 Å². The van der Waals surface area contributed by atoms with E-state index in [1.807, 2.05) is 54.5 Å². The molecule has 0 aliphatic heterocycles. The zero-order valence-corrected chi connectivity index (χ0v) is 29.0. The third kappa shape index (κ3) is 20.2. The van der Waals surface area contributed by atoms with Crippen LogP contribution in [-0.2, 0) is 28.4 Å². The molecule has 2 atom stereocenters. The Kier molecular flexibility index (Phi) is 30.7. The molecule has 0 bridgehead atoms. The van der Waals surface area contributed by atoms with Crippen LogP contribution in [-0.4, -0.2) is 57.5 Å². The van der Waals surface area contributed by atoms with Crippen LogP contribution in [0.25, 0.3) is 0 Å². The molecule has 248 valence electrons. The van der Waals surface area contributed by atoms with Gasteiger partial charge in [0, 0.05) is 45.6 Å². The first-order valence-corrected chi connectivity index (χ1v) is 17.3. The van der Waals surface area contributed by atoms with E-state index in [2.05, 4.69) is 20.4 Å². The third-order valence-electron chi connectivity index (χ3n) is 7.31. The molecule has 0 saturated carbocycles. The molecule has 0 aliphatic rings. The van der Waals surface area contributed by atoms with E-state index in [1.165, 1.54) is 70.6 Å². The number of hydrogen-bond donors (Lipinski definition) is 0. The van der Waals surface area contributed by atoms with Crippen LogP contribution in [0.4, 0.5) is 0 Å². The van der Waals surface area contributed by atoms with Gasteiger partial charge in [-0.1, -0.05) is 97.0 Å². The largest absolute Gasteiger partial charge is 0.370 e. The molecule has 0 aliphatic carbocycles. The van der Waals surface area contributed by atoms with Crippen LogP contribution in [0.1, 0.15) is 152 Å². The first-order valence-electron chi connectivity index (χ1n) is 17.3. The zero-order chi connectivity index (χ0) is 31.2. The lowest BCUT2D eigenvalue weighted by molar-refractivity contribution is -0.415. The Morgan fingerprint density at radius 2 is 0.902 bits per heavy atom. The zero-order valence-electron chi connectivity index (χ0n) is 29.0. The maximum atomic E-state index is 5.92. The highest BCUT2D eigenvalue weighted by Gasteiger charge is 2.42. The van der Waals surface area contributed by atoms with Gasteiger partial charge in [0.15, 0.2) is 5.79 Å². The summed E-state index contributed by atoms with van der Waals surface area (Å²) < 4.78 is 35.1. The summed E-state index contributed by atoms with van der Waals surface area (Å²) in [4.78, 5) is 0. The van der Waals surface area contributed by atoms with E-state index in [0.717, 1.165) is 19.3 Å². The first-order chi connectivity index (χ1) is 19.8. The fraction of sp³-hybridized carbons (Fsp3) is 0.943. The smallest absolute Gasteiger partial charge is 0.310 e. The minimum Gasteiger partial charge on any atom is -0.370 e. The van der Waals surface area contributed by atoms with Crippen LogP contribution < -0.4 is 0 Å². The minimum absolute atomic E-state index is 0.177. The van der Waals surface area contributed by atoms with Crippen molar-refractivity contribution in [3.8, 4) is 0 Å². The Morgan fingerprint density at radius 1 is 0.512 bits per heavy atom. The van der Waals surface area contributed by atoms with E-state index in [-0.39, 0.29) is 12.0 Å². The van der Waals surface area contributed by atoms with Crippen molar-refractivity contribution in [1.82, 2.24) is 0 Å². The minimum atomic E-state index is -1.06. The van der Waals surface area contributed by atoms with Gasteiger partial charge < -0.3 is 28.4 Å². The molecular weight excluding hydrogens is 516 g/mol. The first kappa shape index (κ1) is 42.6. The van der Waals surface area contributed by atoms with E-state index >= 15 is 0 Å². The maximum Gasteiger partial charge on any atom is 0.310 e. The van der Waals surface area contributed by atoms with Crippen molar-refractivity contribution in [3.05, 3.63) is 12.7 Å². The molecule has 2 unspecified atom stereocenters. The quantitative estimate of drug-likeness (QED) is 0.0492. The van der Waals surface area contributed by atoms with Gasteiger partial charge in [-0.25, -0.2) is 0 Å². The fourth-order valence-corrected chi connectivity index (χ4v) is 5.25. The van der Waals surface area contributed by atoms with Gasteiger partial charge in [0.2, 0.25) is 0 Å². The average molecular weight is 589 g/mol. The lowest BCUT2D eigenvalue weighted by atomic mass is 9.92. The summed E-state index contributed by atoms with van der Waals surface area (Å²) in [5, 5.41) is 0. The van der Waals surface area contributed by atoms with Crippen LogP contribution >= 0.6 is 0 Å². The molecule has 0 rings (SSSR count).